The normalized spacial score (nSPS) is 18.7. The molecule has 1 atom stereocenters. The minimum absolute atomic E-state index is 0.152. The fourth-order valence-corrected chi connectivity index (χ4v) is 6.74. The summed E-state index contributed by atoms with van der Waals surface area (Å²) in [5.74, 6) is 0.388. The highest BCUT2D eigenvalue weighted by molar-refractivity contribution is 7.92. The van der Waals surface area contributed by atoms with Crippen molar-refractivity contribution in [3.05, 3.63) is 41.4 Å². The molecule has 4 rings (SSSR count). The van der Waals surface area contributed by atoms with Crippen molar-refractivity contribution in [1.29, 1.82) is 0 Å². The number of unbranched alkanes of at least 4 members (excludes halogenated alkanes) is 5. The van der Waals surface area contributed by atoms with Crippen molar-refractivity contribution in [3.8, 4) is 0 Å². The van der Waals surface area contributed by atoms with Crippen LogP contribution in [0.4, 0.5) is 13.2 Å². The number of sulfonamides is 1. The van der Waals surface area contributed by atoms with Crippen molar-refractivity contribution < 1.29 is 36.6 Å². The molecule has 1 amide bonds. The highest BCUT2D eigenvalue weighted by Gasteiger charge is 2.46. The molecule has 1 saturated heterocycles. The number of amidine groups is 1. The molecule has 0 bridgehead atoms. The van der Waals surface area contributed by atoms with E-state index in [9.17, 15) is 31.5 Å². The predicted octanol–water partition coefficient (Wildman–Crippen LogP) is 4.34. The molecule has 0 unspecified atom stereocenters. The number of alkyl halides is 3. The van der Waals surface area contributed by atoms with Crippen LogP contribution in [0.15, 0.2) is 40.9 Å². The second kappa shape index (κ2) is 13.7. The number of nitrogens with one attached hydrogen (secondary N) is 1. The molecular weight excluding hydrogens is 573 g/mol. The molecule has 2 aromatic rings. The lowest BCUT2D eigenvalue weighted by Gasteiger charge is -2.34. The first-order valence-corrected chi connectivity index (χ1v) is 15.9. The highest BCUT2D eigenvalue weighted by atomic mass is 32.2. The summed E-state index contributed by atoms with van der Waals surface area (Å²) in [7, 11) is -3.75. The smallest absolute Gasteiger partial charge is 0.389 e. The van der Waals surface area contributed by atoms with Crippen molar-refractivity contribution in [2.24, 2.45) is 4.99 Å². The van der Waals surface area contributed by atoms with E-state index >= 15 is 0 Å². The number of aliphatic imine (C=N–C) groups is 1. The Kier molecular flexibility index (Phi) is 10.5. The van der Waals surface area contributed by atoms with Crippen LogP contribution in [-0.2, 0) is 21.4 Å². The van der Waals surface area contributed by atoms with Gasteiger partial charge in [0, 0.05) is 48.4 Å². The molecule has 3 N–H and O–H groups in total. The number of fused-ring (bicyclic) bond motifs is 1. The van der Waals surface area contributed by atoms with E-state index in [0.29, 0.717) is 24.2 Å². The maximum absolute atomic E-state index is 13.1. The van der Waals surface area contributed by atoms with Gasteiger partial charge in [0.25, 0.3) is 5.91 Å². The molecule has 1 aromatic heterocycles. The van der Waals surface area contributed by atoms with Crippen LogP contribution in [0.2, 0.25) is 0 Å². The summed E-state index contributed by atoms with van der Waals surface area (Å²) in [4.78, 5) is 17.5. The van der Waals surface area contributed by atoms with E-state index < -0.39 is 34.3 Å². The number of hydrogen-bond acceptors (Lipinski definition) is 6. The summed E-state index contributed by atoms with van der Waals surface area (Å²) in [5, 5.41) is 23.8. The number of amides is 1. The summed E-state index contributed by atoms with van der Waals surface area (Å²) >= 11 is 0. The first-order chi connectivity index (χ1) is 19.9. The zero-order valence-corrected chi connectivity index (χ0v) is 24.3. The van der Waals surface area contributed by atoms with E-state index in [1.54, 1.807) is 29.0 Å². The van der Waals surface area contributed by atoms with Gasteiger partial charge in [0.1, 0.15) is 11.4 Å². The maximum Gasteiger partial charge on any atom is 0.389 e. The van der Waals surface area contributed by atoms with Crippen LogP contribution in [0.1, 0.15) is 69.8 Å². The molecule has 1 fully saturated rings. The van der Waals surface area contributed by atoms with E-state index in [1.165, 1.54) is 9.71 Å². The van der Waals surface area contributed by atoms with Crippen molar-refractivity contribution >= 4 is 38.7 Å². The Morgan fingerprint density at radius 2 is 1.76 bits per heavy atom. The first kappa shape index (κ1) is 32.2. The average Bonchev–Trinajstić information content (AvgIpc) is 3.49. The summed E-state index contributed by atoms with van der Waals surface area (Å²) in [6, 6.07) is 7.30. The molecule has 1 aromatic carbocycles. The fourth-order valence-electron chi connectivity index (χ4n) is 5.56. The van der Waals surface area contributed by atoms with Crippen LogP contribution in [0.3, 0.4) is 0 Å². The number of carbonyl (C=O) groups excluding carboxylic acids is 1. The standard InChI is InChI=1S/C29H39F3N4O5S/c30-29(31,32)13-6-4-2-1-3-5-10-26-33-27(39)28(34-26)14-17-36(18-15-28)42(40,41)19-12-22-8-7-9-25-24(22)11-16-35(25)20-23(38)21-37/h7-9,11-12,16,19,23,37-38H,1-6,10,13-15,17-18,20-21H2,(H,33,34,39)/b19-12+/t23-/m0/s1. The molecule has 42 heavy (non-hydrogen) atoms. The van der Waals surface area contributed by atoms with Gasteiger partial charge in [0.05, 0.1) is 19.3 Å². The molecule has 13 heteroatoms. The number of piperidine rings is 1. The number of hydrogen-bond donors (Lipinski definition) is 3. The van der Waals surface area contributed by atoms with Crippen LogP contribution in [0, 0.1) is 0 Å². The number of nitrogens with zero attached hydrogens (tertiary/aromatic N) is 3. The van der Waals surface area contributed by atoms with Gasteiger partial charge >= 0.3 is 6.18 Å². The van der Waals surface area contributed by atoms with Gasteiger partial charge in [-0.2, -0.15) is 17.5 Å². The second-order valence-corrected chi connectivity index (χ2v) is 12.9. The molecular formula is C29H39F3N4O5S. The summed E-state index contributed by atoms with van der Waals surface area (Å²) in [6.07, 6.45) is 2.62. The lowest BCUT2D eigenvalue weighted by Crippen LogP contribution is -2.50. The third-order valence-corrected chi connectivity index (χ3v) is 9.51. The number of rotatable bonds is 14. The van der Waals surface area contributed by atoms with Crippen LogP contribution in [-0.4, -0.2) is 76.8 Å². The SMILES string of the molecule is O=C1NC(CCCCCCCCC(F)(F)F)=NC12CCN(S(=O)(=O)/C=C/c1cccc3c1ccn3C[C@H](O)CO)CC2. The van der Waals surface area contributed by atoms with E-state index in [2.05, 4.69) is 10.3 Å². The van der Waals surface area contributed by atoms with Gasteiger partial charge in [-0.05, 0) is 49.5 Å². The molecule has 0 radical (unpaired) electrons. The molecule has 3 heterocycles. The Morgan fingerprint density at radius 1 is 1.07 bits per heavy atom. The molecule has 0 saturated carbocycles. The van der Waals surface area contributed by atoms with Gasteiger partial charge in [-0.3, -0.25) is 9.79 Å². The Bertz CT molecular complexity index is 1400. The van der Waals surface area contributed by atoms with Gasteiger partial charge in [0.15, 0.2) is 0 Å². The van der Waals surface area contributed by atoms with Gasteiger partial charge in [-0.25, -0.2) is 8.42 Å². The number of halogens is 3. The largest absolute Gasteiger partial charge is 0.394 e. The van der Waals surface area contributed by atoms with Crippen molar-refractivity contribution in [3.63, 3.8) is 0 Å². The third kappa shape index (κ3) is 8.21. The summed E-state index contributed by atoms with van der Waals surface area (Å²) in [5.41, 5.74) is 0.548. The van der Waals surface area contributed by atoms with E-state index in [-0.39, 0.29) is 51.4 Å². The van der Waals surface area contributed by atoms with Crippen LogP contribution >= 0.6 is 0 Å². The molecule has 9 nitrogen and oxygen atoms in total. The molecule has 2 aliphatic heterocycles. The minimum atomic E-state index is -4.09. The fraction of sp³-hybridized carbons (Fsp3) is 0.586. The molecule has 1 spiro atoms. The van der Waals surface area contributed by atoms with Crippen molar-refractivity contribution in [2.45, 2.75) is 88.6 Å². The van der Waals surface area contributed by atoms with E-state index in [1.807, 2.05) is 12.1 Å². The zero-order chi connectivity index (χ0) is 30.4. The Hall–Kier alpha value is -2.74. The van der Waals surface area contributed by atoms with E-state index in [4.69, 9.17) is 5.11 Å². The zero-order valence-electron chi connectivity index (χ0n) is 23.5. The van der Waals surface area contributed by atoms with E-state index in [0.717, 1.165) is 36.6 Å². The molecule has 0 aliphatic carbocycles. The van der Waals surface area contributed by atoms with Crippen LogP contribution in [0.5, 0.6) is 0 Å². The predicted molar refractivity (Wildman–Crippen MR) is 155 cm³/mol. The number of aliphatic hydroxyl groups excluding tert-OH is 2. The monoisotopic (exact) mass is 612 g/mol. The minimum Gasteiger partial charge on any atom is -0.394 e. The van der Waals surface area contributed by atoms with Gasteiger partial charge in [0.2, 0.25) is 10.0 Å². The Balaban J connectivity index is 1.28. The second-order valence-electron chi connectivity index (χ2n) is 11.1. The number of benzene rings is 1. The summed E-state index contributed by atoms with van der Waals surface area (Å²) in [6.45, 7) is 0.179. The van der Waals surface area contributed by atoms with Gasteiger partial charge in [-0.15, -0.1) is 0 Å². The Labute approximate surface area is 244 Å². The third-order valence-electron chi connectivity index (χ3n) is 7.95. The topological polar surface area (TPSA) is 124 Å². The van der Waals surface area contributed by atoms with Gasteiger partial charge in [-0.1, -0.05) is 37.8 Å². The van der Waals surface area contributed by atoms with Crippen molar-refractivity contribution in [1.82, 2.24) is 14.2 Å². The lowest BCUT2D eigenvalue weighted by atomic mass is 9.89. The lowest BCUT2D eigenvalue weighted by molar-refractivity contribution is -0.135. The van der Waals surface area contributed by atoms with Crippen LogP contribution < -0.4 is 5.32 Å². The highest BCUT2D eigenvalue weighted by Crippen LogP contribution is 2.32. The Morgan fingerprint density at radius 3 is 2.45 bits per heavy atom. The average molecular weight is 613 g/mol. The van der Waals surface area contributed by atoms with Crippen molar-refractivity contribution in [2.75, 3.05) is 19.7 Å². The number of carbonyl (C=O) groups is 1. The van der Waals surface area contributed by atoms with Gasteiger partial charge < -0.3 is 20.1 Å². The molecule has 232 valence electrons. The maximum atomic E-state index is 13.1. The molecule has 2 aliphatic rings. The summed E-state index contributed by atoms with van der Waals surface area (Å²) < 4.78 is 66.1. The number of aliphatic hydroxyl groups is 2. The van der Waals surface area contributed by atoms with Crippen LogP contribution in [0.25, 0.3) is 17.0 Å². The quantitative estimate of drug-likeness (QED) is 0.274. The number of aromatic nitrogens is 1. The first-order valence-electron chi connectivity index (χ1n) is 14.4.